The maximum atomic E-state index is 6.17. The second kappa shape index (κ2) is 7.17. The molecular weight excluding hydrogens is 278 g/mol. The van der Waals surface area contributed by atoms with Crippen molar-refractivity contribution in [1.82, 2.24) is 9.78 Å². The first-order chi connectivity index (χ1) is 8.13. The molecule has 0 aliphatic rings. The molecule has 0 aromatic carbocycles. The smallest absolute Gasteiger partial charge is 0.0766 e. The molecular formula is C13H24BrN3. The van der Waals surface area contributed by atoms with E-state index in [1.807, 2.05) is 0 Å². The van der Waals surface area contributed by atoms with E-state index >= 15 is 0 Å². The molecule has 1 unspecified atom stereocenters. The molecule has 0 spiro atoms. The van der Waals surface area contributed by atoms with Crippen molar-refractivity contribution in [3.05, 3.63) is 15.9 Å². The number of hydrogen-bond acceptors (Lipinski definition) is 2. The number of rotatable bonds is 7. The lowest BCUT2D eigenvalue weighted by atomic mass is 10.1. The average Bonchev–Trinajstić information content (AvgIpc) is 2.63. The number of nitrogens with zero attached hydrogens (tertiary/aromatic N) is 2. The number of aryl methyl sites for hydroxylation is 2. The highest BCUT2D eigenvalue weighted by Crippen LogP contribution is 2.24. The molecule has 17 heavy (non-hydrogen) atoms. The Balaban J connectivity index is 2.78. The molecule has 1 heterocycles. The normalized spacial score (nSPS) is 13.0. The van der Waals surface area contributed by atoms with Gasteiger partial charge in [0.25, 0.3) is 0 Å². The lowest BCUT2D eigenvalue weighted by molar-refractivity contribution is 0.535. The highest BCUT2D eigenvalue weighted by Gasteiger charge is 2.16. The van der Waals surface area contributed by atoms with Gasteiger partial charge in [-0.15, -0.1) is 0 Å². The summed E-state index contributed by atoms with van der Waals surface area (Å²) in [7, 11) is 0. The van der Waals surface area contributed by atoms with Crippen molar-refractivity contribution in [3.63, 3.8) is 0 Å². The topological polar surface area (TPSA) is 43.8 Å². The van der Waals surface area contributed by atoms with E-state index in [-0.39, 0.29) is 6.04 Å². The molecule has 0 radical (unpaired) electrons. The first kappa shape index (κ1) is 14.7. The van der Waals surface area contributed by atoms with Crippen LogP contribution < -0.4 is 5.73 Å². The third-order valence-corrected chi connectivity index (χ3v) is 3.99. The Morgan fingerprint density at radius 2 is 2.06 bits per heavy atom. The van der Waals surface area contributed by atoms with Crippen LogP contribution in [0.25, 0.3) is 0 Å². The van der Waals surface area contributed by atoms with Gasteiger partial charge in [0.1, 0.15) is 0 Å². The number of aromatic nitrogens is 2. The molecule has 98 valence electrons. The quantitative estimate of drug-likeness (QED) is 0.840. The van der Waals surface area contributed by atoms with E-state index in [4.69, 9.17) is 5.73 Å². The van der Waals surface area contributed by atoms with Gasteiger partial charge < -0.3 is 5.73 Å². The van der Waals surface area contributed by atoms with Gasteiger partial charge in [0.05, 0.1) is 15.9 Å². The van der Waals surface area contributed by atoms with E-state index in [0.717, 1.165) is 36.0 Å². The van der Waals surface area contributed by atoms with E-state index in [1.165, 1.54) is 18.5 Å². The minimum Gasteiger partial charge on any atom is -0.327 e. The fraction of sp³-hybridized carbons (Fsp3) is 0.769. The monoisotopic (exact) mass is 301 g/mol. The molecule has 0 amide bonds. The Morgan fingerprint density at radius 1 is 1.35 bits per heavy atom. The zero-order valence-electron chi connectivity index (χ0n) is 11.2. The van der Waals surface area contributed by atoms with Crippen LogP contribution in [0.2, 0.25) is 0 Å². The van der Waals surface area contributed by atoms with Crippen LogP contribution in [-0.4, -0.2) is 15.8 Å². The minimum atomic E-state index is 0.248. The predicted octanol–water partition coefficient (Wildman–Crippen LogP) is 3.29. The zero-order valence-corrected chi connectivity index (χ0v) is 12.8. The van der Waals surface area contributed by atoms with Crippen LogP contribution in [0.1, 0.15) is 51.4 Å². The summed E-state index contributed by atoms with van der Waals surface area (Å²) >= 11 is 3.66. The Labute approximate surface area is 113 Å². The van der Waals surface area contributed by atoms with Gasteiger partial charge in [0, 0.05) is 19.0 Å². The summed E-state index contributed by atoms with van der Waals surface area (Å²) in [6.45, 7) is 7.37. The Morgan fingerprint density at radius 3 is 2.59 bits per heavy atom. The SMILES string of the molecule is CCCCC(N)Cc1c(Br)c(CC)nn1CC. The fourth-order valence-corrected chi connectivity index (χ4v) is 2.76. The highest BCUT2D eigenvalue weighted by molar-refractivity contribution is 9.10. The molecule has 1 aromatic rings. The lowest BCUT2D eigenvalue weighted by Crippen LogP contribution is -2.24. The van der Waals surface area contributed by atoms with Gasteiger partial charge in [-0.05, 0) is 35.7 Å². The average molecular weight is 302 g/mol. The van der Waals surface area contributed by atoms with Crippen molar-refractivity contribution in [2.24, 2.45) is 5.73 Å². The molecule has 1 aromatic heterocycles. The Hall–Kier alpha value is -0.350. The van der Waals surface area contributed by atoms with Gasteiger partial charge in [-0.1, -0.05) is 26.7 Å². The van der Waals surface area contributed by atoms with E-state index in [0.29, 0.717) is 0 Å². The molecule has 1 atom stereocenters. The van der Waals surface area contributed by atoms with Gasteiger partial charge in [-0.3, -0.25) is 4.68 Å². The van der Waals surface area contributed by atoms with Crippen LogP contribution >= 0.6 is 15.9 Å². The summed E-state index contributed by atoms with van der Waals surface area (Å²) in [5.74, 6) is 0. The third-order valence-electron chi connectivity index (χ3n) is 3.08. The number of nitrogens with two attached hydrogens (primary N) is 1. The number of hydrogen-bond donors (Lipinski definition) is 1. The van der Waals surface area contributed by atoms with E-state index in [9.17, 15) is 0 Å². The molecule has 0 bridgehead atoms. The second-order valence-corrected chi connectivity index (χ2v) is 5.28. The molecule has 3 nitrogen and oxygen atoms in total. The third kappa shape index (κ3) is 3.81. The summed E-state index contributed by atoms with van der Waals surface area (Å²) < 4.78 is 3.24. The summed E-state index contributed by atoms with van der Waals surface area (Å²) in [5, 5.41) is 4.59. The summed E-state index contributed by atoms with van der Waals surface area (Å²) in [6, 6.07) is 0.248. The minimum absolute atomic E-state index is 0.248. The number of halogens is 1. The Kier molecular flexibility index (Phi) is 6.20. The molecule has 2 N–H and O–H groups in total. The zero-order chi connectivity index (χ0) is 12.8. The van der Waals surface area contributed by atoms with Crippen molar-refractivity contribution in [1.29, 1.82) is 0 Å². The van der Waals surface area contributed by atoms with E-state index in [1.54, 1.807) is 0 Å². The van der Waals surface area contributed by atoms with Gasteiger partial charge in [0.15, 0.2) is 0 Å². The first-order valence-electron chi connectivity index (χ1n) is 6.63. The maximum absolute atomic E-state index is 6.17. The van der Waals surface area contributed by atoms with Crippen LogP contribution in [0.3, 0.4) is 0 Å². The molecule has 0 saturated heterocycles. The molecule has 0 aliphatic heterocycles. The second-order valence-electron chi connectivity index (χ2n) is 4.48. The van der Waals surface area contributed by atoms with E-state index < -0.39 is 0 Å². The predicted molar refractivity (Wildman–Crippen MR) is 76.2 cm³/mol. The standard InChI is InChI=1S/C13H24BrN3/c1-4-7-8-10(15)9-12-13(14)11(5-2)16-17(12)6-3/h10H,4-9,15H2,1-3H3. The molecule has 1 rings (SSSR count). The van der Waals surface area contributed by atoms with E-state index in [2.05, 4.69) is 46.5 Å². The lowest BCUT2D eigenvalue weighted by Gasteiger charge is -2.12. The largest absolute Gasteiger partial charge is 0.327 e. The highest BCUT2D eigenvalue weighted by atomic mass is 79.9. The van der Waals surface area contributed by atoms with Crippen molar-refractivity contribution in [3.8, 4) is 0 Å². The molecule has 0 saturated carbocycles. The van der Waals surface area contributed by atoms with Crippen molar-refractivity contribution in [2.75, 3.05) is 0 Å². The van der Waals surface area contributed by atoms with Crippen LogP contribution in [0, 0.1) is 0 Å². The van der Waals surface area contributed by atoms with Crippen LogP contribution in [0.5, 0.6) is 0 Å². The van der Waals surface area contributed by atoms with Gasteiger partial charge >= 0.3 is 0 Å². The van der Waals surface area contributed by atoms with Crippen LogP contribution in [0.4, 0.5) is 0 Å². The van der Waals surface area contributed by atoms with Crippen LogP contribution in [-0.2, 0) is 19.4 Å². The van der Waals surface area contributed by atoms with Gasteiger partial charge in [-0.2, -0.15) is 5.10 Å². The van der Waals surface area contributed by atoms with Crippen molar-refractivity contribution >= 4 is 15.9 Å². The fourth-order valence-electron chi connectivity index (χ4n) is 2.03. The molecule has 0 fully saturated rings. The van der Waals surface area contributed by atoms with Crippen molar-refractivity contribution < 1.29 is 0 Å². The summed E-state index contributed by atoms with van der Waals surface area (Å²) in [6.07, 6.45) is 5.40. The summed E-state index contributed by atoms with van der Waals surface area (Å²) in [5.41, 5.74) is 8.57. The van der Waals surface area contributed by atoms with Gasteiger partial charge in [0.2, 0.25) is 0 Å². The maximum Gasteiger partial charge on any atom is 0.0766 e. The Bertz CT molecular complexity index is 347. The first-order valence-corrected chi connectivity index (χ1v) is 7.42. The molecule has 4 heteroatoms. The summed E-state index contributed by atoms with van der Waals surface area (Å²) in [4.78, 5) is 0. The number of unbranched alkanes of at least 4 members (excludes halogenated alkanes) is 1. The molecule has 0 aliphatic carbocycles. The van der Waals surface area contributed by atoms with Crippen molar-refractivity contribution in [2.45, 2.75) is 65.5 Å². The van der Waals surface area contributed by atoms with Gasteiger partial charge in [-0.25, -0.2) is 0 Å². The van der Waals surface area contributed by atoms with Crippen LogP contribution in [0.15, 0.2) is 4.47 Å².